The summed E-state index contributed by atoms with van der Waals surface area (Å²) >= 11 is 0. The molecule has 2 rings (SSSR count). The van der Waals surface area contributed by atoms with Crippen molar-refractivity contribution in [2.75, 3.05) is 6.61 Å². The van der Waals surface area contributed by atoms with Crippen LogP contribution in [0.2, 0.25) is 0 Å². The number of nitrogens with zero attached hydrogens (tertiary/aromatic N) is 2. The SMILES string of the molecule is CC/C=C\CCOc1ccc(-c2ncc(CCCCCCC)cn2)cc1. The summed E-state index contributed by atoms with van der Waals surface area (Å²) < 4.78 is 5.74. The third kappa shape index (κ3) is 7.38. The average Bonchev–Trinajstić information content (AvgIpc) is 2.69. The number of hydrogen-bond donors (Lipinski definition) is 0. The van der Waals surface area contributed by atoms with Gasteiger partial charge in [-0.05, 0) is 55.5 Å². The van der Waals surface area contributed by atoms with E-state index in [-0.39, 0.29) is 0 Å². The molecule has 0 aliphatic rings. The summed E-state index contributed by atoms with van der Waals surface area (Å²) in [7, 11) is 0. The molecule has 26 heavy (non-hydrogen) atoms. The first kappa shape index (κ1) is 20.2. The highest BCUT2D eigenvalue weighted by Crippen LogP contribution is 2.19. The third-order valence-corrected chi connectivity index (χ3v) is 4.34. The smallest absolute Gasteiger partial charge is 0.159 e. The Kier molecular flexibility index (Phi) is 9.48. The van der Waals surface area contributed by atoms with Crippen LogP contribution in [0, 0.1) is 0 Å². The van der Waals surface area contributed by atoms with E-state index in [1.165, 1.54) is 37.7 Å². The lowest BCUT2D eigenvalue weighted by atomic mass is 10.1. The Morgan fingerprint density at radius 1 is 0.885 bits per heavy atom. The summed E-state index contributed by atoms with van der Waals surface area (Å²) in [6, 6.07) is 8.03. The van der Waals surface area contributed by atoms with Gasteiger partial charge in [0, 0.05) is 18.0 Å². The van der Waals surface area contributed by atoms with Gasteiger partial charge >= 0.3 is 0 Å². The number of ether oxygens (including phenoxy) is 1. The van der Waals surface area contributed by atoms with E-state index in [1.807, 2.05) is 36.7 Å². The van der Waals surface area contributed by atoms with E-state index in [9.17, 15) is 0 Å². The van der Waals surface area contributed by atoms with Crippen molar-refractivity contribution < 1.29 is 4.74 Å². The number of aryl methyl sites for hydroxylation is 1. The molecule has 3 nitrogen and oxygen atoms in total. The van der Waals surface area contributed by atoms with Crippen LogP contribution in [0.1, 0.15) is 64.4 Å². The van der Waals surface area contributed by atoms with Gasteiger partial charge in [0.1, 0.15) is 5.75 Å². The van der Waals surface area contributed by atoms with Crippen LogP contribution in [0.4, 0.5) is 0 Å². The van der Waals surface area contributed by atoms with Crippen LogP contribution in [-0.2, 0) is 6.42 Å². The molecule has 0 fully saturated rings. The summed E-state index contributed by atoms with van der Waals surface area (Å²) in [6.45, 7) is 5.09. The van der Waals surface area contributed by atoms with Gasteiger partial charge < -0.3 is 4.74 Å². The highest BCUT2D eigenvalue weighted by atomic mass is 16.5. The van der Waals surface area contributed by atoms with Gasteiger partial charge in [-0.15, -0.1) is 0 Å². The van der Waals surface area contributed by atoms with E-state index >= 15 is 0 Å². The average molecular weight is 353 g/mol. The van der Waals surface area contributed by atoms with Crippen molar-refractivity contribution in [1.82, 2.24) is 9.97 Å². The van der Waals surface area contributed by atoms with Crippen molar-refractivity contribution in [1.29, 1.82) is 0 Å². The number of rotatable bonds is 12. The highest BCUT2D eigenvalue weighted by molar-refractivity contribution is 5.55. The third-order valence-electron chi connectivity index (χ3n) is 4.34. The maximum atomic E-state index is 5.74. The molecule has 0 atom stereocenters. The predicted octanol–water partition coefficient (Wildman–Crippen LogP) is 6.39. The first-order valence-electron chi connectivity index (χ1n) is 10.0. The molecule has 0 spiro atoms. The maximum absolute atomic E-state index is 5.74. The molecule has 0 aliphatic heterocycles. The summed E-state index contributed by atoms with van der Waals surface area (Å²) in [5, 5.41) is 0. The summed E-state index contributed by atoms with van der Waals surface area (Å²) in [5.74, 6) is 1.67. The van der Waals surface area contributed by atoms with Crippen molar-refractivity contribution in [2.45, 2.75) is 65.2 Å². The molecular weight excluding hydrogens is 320 g/mol. The first-order valence-corrected chi connectivity index (χ1v) is 10.0. The van der Waals surface area contributed by atoms with Crippen LogP contribution in [0.3, 0.4) is 0 Å². The fourth-order valence-corrected chi connectivity index (χ4v) is 2.80. The van der Waals surface area contributed by atoms with Crippen molar-refractivity contribution in [3.05, 3.63) is 54.4 Å². The lowest BCUT2D eigenvalue weighted by Crippen LogP contribution is -1.96. The van der Waals surface area contributed by atoms with Gasteiger partial charge in [-0.2, -0.15) is 0 Å². The van der Waals surface area contributed by atoms with Gasteiger partial charge in [0.05, 0.1) is 6.61 Å². The van der Waals surface area contributed by atoms with Gasteiger partial charge in [0.2, 0.25) is 0 Å². The molecular formula is C23H32N2O. The lowest BCUT2D eigenvalue weighted by molar-refractivity contribution is 0.325. The summed E-state index contributed by atoms with van der Waals surface area (Å²) in [4.78, 5) is 9.06. The van der Waals surface area contributed by atoms with Crippen molar-refractivity contribution in [3.63, 3.8) is 0 Å². The molecule has 0 saturated carbocycles. The summed E-state index contributed by atoms with van der Waals surface area (Å²) in [5.41, 5.74) is 2.25. The fraction of sp³-hybridized carbons (Fsp3) is 0.478. The van der Waals surface area contributed by atoms with Gasteiger partial charge in [0.25, 0.3) is 0 Å². The molecule has 0 radical (unpaired) electrons. The van der Waals surface area contributed by atoms with E-state index < -0.39 is 0 Å². The predicted molar refractivity (Wildman–Crippen MR) is 109 cm³/mol. The second-order valence-corrected chi connectivity index (χ2v) is 6.62. The van der Waals surface area contributed by atoms with Crippen LogP contribution < -0.4 is 4.74 Å². The van der Waals surface area contributed by atoms with Gasteiger partial charge in [-0.1, -0.05) is 51.7 Å². The van der Waals surface area contributed by atoms with E-state index in [1.54, 1.807) is 0 Å². The van der Waals surface area contributed by atoms with Crippen LogP contribution in [0.15, 0.2) is 48.8 Å². The van der Waals surface area contributed by atoms with E-state index in [0.29, 0.717) is 6.61 Å². The molecule has 0 bridgehead atoms. The number of unbranched alkanes of at least 4 members (excludes halogenated alkanes) is 4. The van der Waals surface area contributed by atoms with Crippen LogP contribution in [0.5, 0.6) is 5.75 Å². The maximum Gasteiger partial charge on any atom is 0.159 e. The number of allylic oxidation sites excluding steroid dienone is 1. The topological polar surface area (TPSA) is 35.0 Å². The van der Waals surface area contributed by atoms with Crippen LogP contribution >= 0.6 is 0 Å². The fourth-order valence-electron chi connectivity index (χ4n) is 2.80. The molecule has 0 amide bonds. The Balaban J connectivity index is 1.80. The second kappa shape index (κ2) is 12.2. The van der Waals surface area contributed by atoms with E-state index in [0.717, 1.165) is 36.4 Å². The number of benzene rings is 1. The van der Waals surface area contributed by atoms with Crippen molar-refractivity contribution >= 4 is 0 Å². The standard InChI is InChI=1S/C23H32N2O/c1-3-5-7-9-10-12-20-18-24-23(25-19-20)21-13-15-22(16-14-21)26-17-11-8-6-4-2/h6,8,13-16,18-19H,3-5,7,9-12,17H2,1-2H3/b8-6-. The molecule has 3 heteroatoms. The number of aromatic nitrogens is 2. The first-order chi connectivity index (χ1) is 12.8. The lowest BCUT2D eigenvalue weighted by Gasteiger charge is -2.06. The molecule has 1 aromatic carbocycles. The Hall–Kier alpha value is -2.16. The van der Waals surface area contributed by atoms with Crippen molar-refractivity contribution in [2.24, 2.45) is 0 Å². The minimum absolute atomic E-state index is 0.708. The quantitative estimate of drug-likeness (QED) is 0.328. The minimum atomic E-state index is 0.708. The molecule has 2 aromatic rings. The Morgan fingerprint density at radius 2 is 1.62 bits per heavy atom. The largest absolute Gasteiger partial charge is 0.493 e. The molecule has 1 heterocycles. The Morgan fingerprint density at radius 3 is 2.31 bits per heavy atom. The van der Waals surface area contributed by atoms with E-state index in [4.69, 9.17) is 4.74 Å². The molecule has 0 aliphatic carbocycles. The Labute approximate surface area is 158 Å². The van der Waals surface area contributed by atoms with Crippen LogP contribution in [0.25, 0.3) is 11.4 Å². The van der Waals surface area contributed by atoms with E-state index in [2.05, 4.69) is 36.0 Å². The summed E-state index contributed by atoms with van der Waals surface area (Å²) in [6.07, 6.45) is 17.8. The van der Waals surface area contributed by atoms with Gasteiger partial charge in [0.15, 0.2) is 5.82 Å². The van der Waals surface area contributed by atoms with Crippen molar-refractivity contribution in [3.8, 4) is 17.1 Å². The molecule has 140 valence electrons. The molecule has 0 unspecified atom stereocenters. The Bertz CT molecular complexity index is 632. The second-order valence-electron chi connectivity index (χ2n) is 6.62. The molecule has 0 N–H and O–H groups in total. The monoisotopic (exact) mass is 352 g/mol. The minimum Gasteiger partial charge on any atom is -0.493 e. The molecule has 0 saturated heterocycles. The number of hydrogen-bond acceptors (Lipinski definition) is 3. The zero-order valence-corrected chi connectivity index (χ0v) is 16.3. The normalized spacial score (nSPS) is 11.2. The van der Waals surface area contributed by atoms with Gasteiger partial charge in [-0.25, -0.2) is 9.97 Å². The molecule has 1 aromatic heterocycles. The zero-order valence-electron chi connectivity index (χ0n) is 16.3. The highest BCUT2D eigenvalue weighted by Gasteiger charge is 2.03. The van der Waals surface area contributed by atoms with Gasteiger partial charge in [-0.3, -0.25) is 0 Å². The van der Waals surface area contributed by atoms with Crippen LogP contribution in [-0.4, -0.2) is 16.6 Å². The zero-order chi connectivity index (χ0) is 18.5.